The maximum atomic E-state index is 12.7. The Labute approximate surface area is 203 Å². The van der Waals surface area contributed by atoms with E-state index in [0.29, 0.717) is 24.0 Å². The molecule has 2 aromatic carbocycles. The molecule has 3 aromatic rings. The van der Waals surface area contributed by atoms with Gasteiger partial charge in [0.2, 0.25) is 11.8 Å². The number of thioether (sulfide) groups is 1. The smallest absolute Gasteiger partial charge is 0.232 e. The number of benzene rings is 2. The van der Waals surface area contributed by atoms with Gasteiger partial charge in [0.1, 0.15) is 11.5 Å². The van der Waals surface area contributed by atoms with E-state index in [2.05, 4.69) is 9.88 Å². The second-order valence-corrected chi connectivity index (χ2v) is 9.24. The van der Waals surface area contributed by atoms with Crippen molar-refractivity contribution < 1.29 is 13.9 Å². The molecule has 33 heavy (non-hydrogen) atoms. The molecule has 2 heterocycles. The Balaban J connectivity index is 1.25. The van der Waals surface area contributed by atoms with Crippen LogP contribution in [0.5, 0.6) is 5.75 Å². The monoisotopic (exact) mass is 485 g/mol. The van der Waals surface area contributed by atoms with Crippen LogP contribution in [0.4, 0.5) is 5.69 Å². The Hall–Kier alpha value is -2.64. The van der Waals surface area contributed by atoms with E-state index < -0.39 is 0 Å². The Morgan fingerprint density at radius 3 is 2.45 bits per heavy atom. The zero-order chi connectivity index (χ0) is 23.2. The summed E-state index contributed by atoms with van der Waals surface area (Å²) in [6, 6.07) is 15.6. The Morgan fingerprint density at radius 1 is 1.09 bits per heavy atom. The molecular formula is C25H28ClN3O3S. The molecule has 174 valence electrons. The molecule has 0 spiro atoms. The number of carbonyl (C=O) groups is 1. The molecule has 0 unspecified atom stereocenters. The number of piperazine rings is 1. The van der Waals surface area contributed by atoms with E-state index in [-0.39, 0.29) is 5.91 Å². The first-order valence-electron chi connectivity index (χ1n) is 11.1. The molecule has 1 amide bonds. The minimum atomic E-state index is 0.170. The van der Waals surface area contributed by atoms with Gasteiger partial charge in [0.15, 0.2) is 0 Å². The van der Waals surface area contributed by atoms with Crippen molar-refractivity contribution in [1.82, 2.24) is 9.88 Å². The number of anilines is 1. The van der Waals surface area contributed by atoms with Crippen LogP contribution in [-0.2, 0) is 10.5 Å². The zero-order valence-corrected chi connectivity index (χ0v) is 20.5. The predicted molar refractivity (Wildman–Crippen MR) is 134 cm³/mol. The molecule has 0 atom stereocenters. The third kappa shape index (κ3) is 6.03. The van der Waals surface area contributed by atoms with Gasteiger partial charge in [0.05, 0.1) is 18.1 Å². The van der Waals surface area contributed by atoms with Gasteiger partial charge in [-0.15, -0.1) is 11.8 Å². The van der Waals surface area contributed by atoms with Crippen LogP contribution in [0.25, 0.3) is 11.5 Å². The fourth-order valence-electron chi connectivity index (χ4n) is 3.74. The maximum absolute atomic E-state index is 12.7. The molecular weight excluding hydrogens is 458 g/mol. The normalized spacial score (nSPS) is 13.9. The van der Waals surface area contributed by atoms with E-state index in [1.165, 1.54) is 0 Å². The van der Waals surface area contributed by atoms with Gasteiger partial charge in [0, 0.05) is 48.2 Å². The third-order valence-corrected chi connectivity index (χ3v) is 6.77. The molecule has 0 radical (unpaired) electrons. The van der Waals surface area contributed by atoms with Gasteiger partial charge in [0.25, 0.3) is 0 Å². The number of halogens is 1. The number of ether oxygens (including phenoxy) is 1. The molecule has 8 heteroatoms. The van der Waals surface area contributed by atoms with Crippen LogP contribution in [0.2, 0.25) is 5.02 Å². The van der Waals surface area contributed by atoms with Crippen LogP contribution in [0, 0.1) is 6.92 Å². The molecule has 0 aliphatic carbocycles. The van der Waals surface area contributed by atoms with E-state index in [4.69, 9.17) is 20.8 Å². The van der Waals surface area contributed by atoms with Crippen molar-refractivity contribution >= 4 is 35.0 Å². The number of hydrogen-bond acceptors (Lipinski definition) is 6. The molecule has 0 saturated carbocycles. The molecule has 4 rings (SSSR count). The Bertz CT molecular complexity index is 1060. The second-order valence-electron chi connectivity index (χ2n) is 7.82. The summed E-state index contributed by atoms with van der Waals surface area (Å²) in [6.45, 7) is 7.62. The number of aryl methyl sites for hydroxylation is 1. The minimum Gasteiger partial charge on any atom is -0.494 e. The predicted octanol–water partition coefficient (Wildman–Crippen LogP) is 5.28. The average Bonchev–Trinajstić information content (AvgIpc) is 3.20. The summed E-state index contributed by atoms with van der Waals surface area (Å²) in [6.07, 6.45) is 0. The van der Waals surface area contributed by atoms with Gasteiger partial charge in [-0.1, -0.05) is 11.6 Å². The maximum Gasteiger partial charge on any atom is 0.232 e. The van der Waals surface area contributed by atoms with Crippen LogP contribution in [0.15, 0.2) is 52.9 Å². The topological polar surface area (TPSA) is 58.8 Å². The average molecular weight is 486 g/mol. The molecule has 1 aliphatic heterocycles. The van der Waals surface area contributed by atoms with Crippen LogP contribution in [-0.4, -0.2) is 54.3 Å². The summed E-state index contributed by atoms with van der Waals surface area (Å²) in [5.74, 6) is 3.46. The van der Waals surface area contributed by atoms with Gasteiger partial charge in [-0.05, 0) is 62.4 Å². The lowest BCUT2D eigenvalue weighted by Crippen LogP contribution is -2.49. The largest absolute Gasteiger partial charge is 0.494 e. The SMILES string of the molecule is CCOc1ccc(-c2nc(CSCC(=O)N3CCN(c4ccc(Cl)cc4)CC3)c(C)o2)cc1. The van der Waals surface area contributed by atoms with E-state index in [1.807, 2.05) is 67.3 Å². The fourth-order valence-corrected chi connectivity index (χ4v) is 4.78. The van der Waals surface area contributed by atoms with E-state index in [1.54, 1.807) is 11.8 Å². The van der Waals surface area contributed by atoms with Crippen molar-refractivity contribution in [3.05, 3.63) is 65.0 Å². The highest BCUT2D eigenvalue weighted by Crippen LogP contribution is 2.26. The number of carbonyl (C=O) groups excluding carboxylic acids is 1. The first kappa shape index (κ1) is 23.5. The van der Waals surface area contributed by atoms with Crippen molar-refractivity contribution in [2.75, 3.05) is 43.4 Å². The van der Waals surface area contributed by atoms with Gasteiger partial charge in [-0.25, -0.2) is 4.98 Å². The lowest BCUT2D eigenvalue weighted by Gasteiger charge is -2.36. The van der Waals surface area contributed by atoms with Crippen molar-refractivity contribution in [2.45, 2.75) is 19.6 Å². The molecule has 1 aromatic heterocycles. The molecule has 0 bridgehead atoms. The number of nitrogens with zero attached hydrogens (tertiary/aromatic N) is 3. The van der Waals surface area contributed by atoms with Crippen LogP contribution >= 0.6 is 23.4 Å². The summed E-state index contributed by atoms with van der Waals surface area (Å²) < 4.78 is 11.3. The van der Waals surface area contributed by atoms with Crippen molar-refractivity contribution in [3.8, 4) is 17.2 Å². The van der Waals surface area contributed by atoms with Crippen molar-refractivity contribution in [3.63, 3.8) is 0 Å². The Morgan fingerprint density at radius 2 is 1.79 bits per heavy atom. The van der Waals surface area contributed by atoms with Crippen molar-refractivity contribution in [1.29, 1.82) is 0 Å². The quantitative estimate of drug-likeness (QED) is 0.432. The van der Waals surface area contributed by atoms with Crippen LogP contribution in [0.3, 0.4) is 0 Å². The minimum absolute atomic E-state index is 0.170. The lowest BCUT2D eigenvalue weighted by atomic mass is 10.2. The van der Waals surface area contributed by atoms with E-state index in [0.717, 1.165) is 59.7 Å². The standard InChI is InChI=1S/C25H28ClN3O3S/c1-3-31-22-10-4-19(5-11-22)25-27-23(18(2)32-25)16-33-17-24(30)29-14-12-28(13-15-29)21-8-6-20(26)7-9-21/h4-11H,3,12-17H2,1-2H3. The number of amides is 1. The molecule has 1 aliphatic rings. The first-order valence-corrected chi connectivity index (χ1v) is 12.6. The lowest BCUT2D eigenvalue weighted by molar-refractivity contribution is -0.128. The van der Waals surface area contributed by atoms with Gasteiger partial charge in [-0.3, -0.25) is 4.79 Å². The highest BCUT2D eigenvalue weighted by molar-refractivity contribution is 7.99. The zero-order valence-electron chi connectivity index (χ0n) is 18.9. The van der Waals surface area contributed by atoms with Crippen molar-refractivity contribution in [2.24, 2.45) is 0 Å². The molecule has 1 fully saturated rings. The number of rotatable bonds is 8. The summed E-state index contributed by atoms with van der Waals surface area (Å²) in [5, 5.41) is 0.735. The van der Waals surface area contributed by atoms with Crippen LogP contribution in [0.1, 0.15) is 18.4 Å². The fraction of sp³-hybridized carbons (Fsp3) is 0.360. The summed E-state index contributed by atoms with van der Waals surface area (Å²) in [4.78, 5) is 21.6. The van der Waals surface area contributed by atoms with E-state index in [9.17, 15) is 4.79 Å². The molecule has 0 N–H and O–H groups in total. The molecule has 6 nitrogen and oxygen atoms in total. The highest BCUT2D eigenvalue weighted by Gasteiger charge is 2.21. The van der Waals surface area contributed by atoms with E-state index >= 15 is 0 Å². The first-order chi connectivity index (χ1) is 16.0. The highest BCUT2D eigenvalue weighted by atomic mass is 35.5. The number of oxazole rings is 1. The summed E-state index contributed by atoms with van der Waals surface area (Å²) in [5.41, 5.74) is 2.93. The van der Waals surface area contributed by atoms with Gasteiger partial charge in [-0.2, -0.15) is 0 Å². The molecule has 1 saturated heterocycles. The van der Waals surface area contributed by atoms with Gasteiger partial charge >= 0.3 is 0 Å². The summed E-state index contributed by atoms with van der Waals surface area (Å²) in [7, 11) is 0. The number of aromatic nitrogens is 1. The summed E-state index contributed by atoms with van der Waals surface area (Å²) >= 11 is 7.55. The van der Waals surface area contributed by atoms with Crippen LogP contribution < -0.4 is 9.64 Å². The second kappa shape index (κ2) is 11.0. The third-order valence-electron chi connectivity index (χ3n) is 5.59. The Kier molecular flexibility index (Phi) is 7.83. The van der Waals surface area contributed by atoms with Gasteiger partial charge < -0.3 is 19.0 Å². The number of hydrogen-bond donors (Lipinski definition) is 0.